The van der Waals surface area contributed by atoms with Crippen LogP contribution < -0.4 is 15.4 Å². The second-order valence-corrected chi connectivity index (χ2v) is 8.24. The van der Waals surface area contributed by atoms with Crippen molar-refractivity contribution in [2.45, 2.75) is 57.7 Å². The van der Waals surface area contributed by atoms with Crippen molar-refractivity contribution in [3.63, 3.8) is 0 Å². The summed E-state index contributed by atoms with van der Waals surface area (Å²) in [4.78, 5) is 12.5. The molecule has 6 heteroatoms. The van der Waals surface area contributed by atoms with Gasteiger partial charge in [0.05, 0.1) is 6.04 Å². The van der Waals surface area contributed by atoms with Crippen LogP contribution in [0.2, 0.25) is 0 Å². The standard InChI is InChI=1S/C20H26F2N2O2/c1-11(14-2-4-17(5-3-14)26-19(21)22)23-20(25)24-18-15-7-12-6-13(9-15)10-16(18)8-12/h2-5,11-13,15-16,18-19H,6-10H2,1H3,(H2,23,24,25). The molecule has 4 nitrogen and oxygen atoms in total. The number of rotatable bonds is 5. The van der Waals surface area contributed by atoms with Crippen LogP contribution in [-0.2, 0) is 0 Å². The van der Waals surface area contributed by atoms with E-state index in [4.69, 9.17) is 0 Å². The molecular weight excluding hydrogens is 338 g/mol. The fourth-order valence-electron chi connectivity index (χ4n) is 5.57. The average Bonchev–Trinajstić information content (AvgIpc) is 2.57. The molecule has 142 valence electrons. The number of hydrogen-bond donors (Lipinski definition) is 2. The lowest BCUT2D eigenvalue weighted by Crippen LogP contribution is -2.57. The van der Waals surface area contributed by atoms with Crippen molar-refractivity contribution >= 4 is 6.03 Å². The fraction of sp³-hybridized carbons (Fsp3) is 0.650. The molecule has 26 heavy (non-hydrogen) atoms. The van der Waals surface area contributed by atoms with Gasteiger partial charge in [-0.3, -0.25) is 0 Å². The molecule has 4 saturated carbocycles. The number of amides is 2. The molecule has 4 aliphatic rings. The molecule has 0 spiro atoms. The van der Waals surface area contributed by atoms with Crippen molar-refractivity contribution in [1.82, 2.24) is 10.6 Å². The zero-order valence-electron chi connectivity index (χ0n) is 15.0. The van der Waals surface area contributed by atoms with E-state index in [1.54, 1.807) is 12.1 Å². The first kappa shape index (κ1) is 17.6. The molecule has 1 atom stereocenters. The van der Waals surface area contributed by atoms with E-state index < -0.39 is 6.61 Å². The quantitative estimate of drug-likeness (QED) is 0.810. The number of ether oxygens (including phenoxy) is 1. The largest absolute Gasteiger partial charge is 0.435 e. The minimum Gasteiger partial charge on any atom is -0.435 e. The first-order valence-electron chi connectivity index (χ1n) is 9.59. The summed E-state index contributed by atoms with van der Waals surface area (Å²) < 4.78 is 28.8. The molecule has 0 radical (unpaired) electrons. The summed E-state index contributed by atoms with van der Waals surface area (Å²) in [6, 6.07) is 6.36. The Kier molecular flexibility index (Phi) is 4.76. The monoisotopic (exact) mass is 364 g/mol. The highest BCUT2D eigenvalue weighted by atomic mass is 19.3. The van der Waals surface area contributed by atoms with Gasteiger partial charge in [-0.1, -0.05) is 12.1 Å². The highest BCUT2D eigenvalue weighted by Gasteiger charge is 2.48. The van der Waals surface area contributed by atoms with E-state index in [2.05, 4.69) is 15.4 Å². The highest BCUT2D eigenvalue weighted by Crippen LogP contribution is 2.53. The Hall–Kier alpha value is -1.85. The molecule has 2 N–H and O–H groups in total. The smallest absolute Gasteiger partial charge is 0.387 e. The van der Waals surface area contributed by atoms with Crippen molar-refractivity contribution in [1.29, 1.82) is 0 Å². The van der Waals surface area contributed by atoms with Gasteiger partial charge in [-0.05, 0) is 80.4 Å². The second kappa shape index (κ2) is 7.05. The van der Waals surface area contributed by atoms with E-state index in [1.807, 2.05) is 6.92 Å². The number of nitrogens with one attached hydrogen (secondary N) is 2. The lowest BCUT2D eigenvalue weighted by molar-refractivity contribution is -0.0498. The van der Waals surface area contributed by atoms with Gasteiger partial charge in [-0.25, -0.2) is 4.79 Å². The summed E-state index contributed by atoms with van der Waals surface area (Å²) in [6.45, 7) is -0.942. The van der Waals surface area contributed by atoms with Crippen molar-refractivity contribution in [3.05, 3.63) is 29.8 Å². The van der Waals surface area contributed by atoms with Gasteiger partial charge >= 0.3 is 12.6 Å². The maximum Gasteiger partial charge on any atom is 0.387 e. The van der Waals surface area contributed by atoms with Crippen LogP contribution >= 0.6 is 0 Å². The number of carbonyl (C=O) groups is 1. The first-order valence-corrected chi connectivity index (χ1v) is 9.59. The Bertz CT molecular complexity index is 622. The minimum absolute atomic E-state index is 0.119. The topological polar surface area (TPSA) is 50.4 Å². The predicted molar refractivity (Wildman–Crippen MR) is 94.0 cm³/mol. The summed E-state index contributed by atoms with van der Waals surface area (Å²) in [6.07, 6.45) is 6.45. The SMILES string of the molecule is CC(NC(=O)NC1C2CC3CC(C2)CC1C3)c1ccc(OC(F)F)cc1. The third-order valence-electron chi connectivity index (χ3n) is 6.48. The average molecular weight is 364 g/mol. The maximum absolute atomic E-state index is 12.5. The molecular formula is C20H26F2N2O2. The summed E-state index contributed by atoms with van der Waals surface area (Å²) in [7, 11) is 0. The van der Waals surface area contributed by atoms with Gasteiger partial charge in [0.15, 0.2) is 0 Å². The molecule has 0 aliphatic heterocycles. The molecule has 4 fully saturated rings. The van der Waals surface area contributed by atoms with Crippen molar-refractivity contribution in [3.8, 4) is 5.75 Å². The molecule has 1 unspecified atom stereocenters. The van der Waals surface area contributed by atoms with Gasteiger partial charge in [-0.15, -0.1) is 0 Å². The van der Waals surface area contributed by atoms with Crippen LogP contribution in [0.1, 0.15) is 50.6 Å². The molecule has 0 heterocycles. The van der Waals surface area contributed by atoms with Crippen molar-refractivity contribution in [2.75, 3.05) is 0 Å². The van der Waals surface area contributed by atoms with Crippen LogP contribution in [-0.4, -0.2) is 18.7 Å². The molecule has 2 amide bonds. The normalized spacial score (nSPS) is 33.2. The third-order valence-corrected chi connectivity index (χ3v) is 6.48. The van der Waals surface area contributed by atoms with Gasteiger partial charge in [0, 0.05) is 6.04 Å². The van der Waals surface area contributed by atoms with Gasteiger partial charge in [0.25, 0.3) is 0 Å². The van der Waals surface area contributed by atoms with Crippen LogP contribution in [0.15, 0.2) is 24.3 Å². The Morgan fingerprint density at radius 3 is 2.15 bits per heavy atom. The highest BCUT2D eigenvalue weighted by molar-refractivity contribution is 5.75. The number of halogens is 2. The number of alkyl halides is 2. The molecule has 4 aliphatic carbocycles. The van der Waals surface area contributed by atoms with Gasteiger partial charge in [0.1, 0.15) is 5.75 Å². The molecule has 5 rings (SSSR count). The molecule has 4 bridgehead atoms. The third kappa shape index (κ3) is 3.64. The zero-order chi connectivity index (χ0) is 18.3. The van der Waals surface area contributed by atoms with E-state index in [-0.39, 0.29) is 17.8 Å². The van der Waals surface area contributed by atoms with E-state index in [0.717, 1.165) is 17.4 Å². The maximum atomic E-state index is 12.5. The van der Waals surface area contributed by atoms with Crippen molar-refractivity contribution < 1.29 is 18.3 Å². The van der Waals surface area contributed by atoms with Crippen LogP contribution in [0.3, 0.4) is 0 Å². The predicted octanol–water partition coefficient (Wildman–Crippen LogP) is 4.47. The van der Waals surface area contributed by atoms with Gasteiger partial charge in [-0.2, -0.15) is 8.78 Å². The fourth-order valence-corrected chi connectivity index (χ4v) is 5.57. The number of urea groups is 1. The first-order chi connectivity index (χ1) is 12.5. The molecule has 0 aromatic heterocycles. The van der Waals surface area contributed by atoms with E-state index in [1.165, 1.54) is 44.2 Å². The molecule has 1 aromatic carbocycles. The van der Waals surface area contributed by atoms with E-state index in [0.29, 0.717) is 17.9 Å². The summed E-state index contributed by atoms with van der Waals surface area (Å²) in [5.74, 6) is 3.16. The number of hydrogen-bond acceptors (Lipinski definition) is 2. The Morgan fingerprint density at radius 1 is 1.04 bits per heavy atom. The summed E-state index contributed by atoms with van der Waals surface area (Å²) in [5.41, 5.74) is 0.854. The Labute approximate surface area is 152 Å². The lowest BCUT2D eigenvalue weighted by Gasteiger charge is -2.54. The van der Waals surface area contributed by atoms with E-state index >= 15 is 0 Å². The summed E-state index contributed by atoms with van der Waals surface area (Å²) in [5, 5.41) is 6.20. The molecule has 0 saturated heterocycles. The second-order valence-electron chi connectivity index (χ2n) is 8.24. The zero-order valence-corrected chi connectivity index (χ0v) is 15.0. The van der Waals surface area contributed by atoms with Crippen LogP contribution in [0.4, 0.5) is 13.6 Å². The lowest BCUT2D eigenvalue weighted by atomic mass is 9.54. The van der Waals surface area contributed by atoms with Crippen LogP contribution in [0.25, 0.3) is 0 Å². The molecule has 1 aromatic rings. The number of benzene rings is 1. The summed E-state index contributed by atoms with van der Waals surface area (Å²) >= 11 is 0. The number of carbonyl (C=O) groups excluding carboxylic acids is 1. The minimum atomic E-state index is -2.83. The van der Waals surface area contributed by atoms with Crippen LogP contribution in [0, 0.1) is 23.7 Å². The van der Waals surface area contributed by atoms with Gasteiger partial charge < -0.3 is 15.4 Å². The van der Waals surface area contributed by atoms with Gasteiger partial charge in [0.2, 0.25) is 0 Å². The van der Waals surface area contributed by atoms with Crippen LogP contribution in [0.5, 0.6) is 5.75 Å². The Morgan fingerprint density at radius 2 is 1.62 bits per heavy atom. The Balaban J connectivity index is 1.32. The van der Waals surface area contributed by atoms with Crippen molar-refractivity contribution in [2.24, 2.45) is 23.7 Å². The van der Waals surface area contributed by atoms with E-state index in [9.17, 15) is 13.6 Å².